The van der Waals surface area contributed by atoms with Crippen molar-refractivity contribution in [3.63, 3.8) is 0 Å². The van der Waals surface area contributed by atoms with Gasteiger partial charge in [0.25, 0.3) is 23.6 Å². The van der Waals surface area contributed by atoms with Crippen molar-refractivity contribution in [1.29, 1.82) is 0 Å². The number of nitrogens with zero attached hydrogens (tertiary/aromatic N) is 8. The summed E-state index contributed by atoms with van der Waals surface area (Å²) in [7, 11) is 5.29. The molecule has 23 nitrogen and oxygen atoms in total. The van der Waals surface area contributed by atoms with E-state index in [2.05, 4.69) is 66.8 Å². The maximum atomic E-state index is 13.7. The molecular formula is C61H57F6N13O10. The standard InChI is InChI=1S/C31H29F3N6O5.C30H28F3N7O5/c1-16-6-8-17(9-7-16)24-23(26(42)35-4)20-13-19(22(38-28(20)45-24)10-11-31(32,33)34)18-12-21(27(43-5)36-14-18)25(41)39-30(2,3)29-37-15-44-40-29;1-15-6-8-16(9-7-15)22-21(25(42)34-4)19-11-18(23(38-27(19)45-22)36-13-30(31,32)33)17-10-20(26(43-5)35-12-17)24(41)39-29(2,3)28-37-14-44-40-28/h6-9,12-15H,10-11H2,1-5H3,(H,35,42)(H,39,41);6-12,14H,13H2,1-5H3,(H,34,42)(H,36,38)(H,39,41)/i2*2D3. The molecule has 468 valence electrons. The Balaban J connectivity index is 0.000000225. The van der Waals surface area contributed by atoms with Gasteiger partial charge in [0.15, 0.2) is 11.6 Å². The fourth-order valence-electron chi connectivity index (χ4n) is 9.17. The molecule has 8 heterocycles. The first-order chi connectivity index (χ1) is 45.1. The molecule has 2 atom stereocenters. The maximum Gasteiger partial charge on any atom is 0.405 e. The molecule has 5 N–H and O–H groups in total. The third kappa shape index (κ3) is 14.0. The number of ether oxygens (including phenoxy) is 2. The number of furan rings is 2. The molecular weight excluding hydrogens is 1190 g/mol. The minimum atomic E-state index is -4.64. The number of fused-ring (bicyclic) bond motifs is 2. The lowest BCUT2D eigenvalue weighted by atomic mass is 9.97. The zero-order valence-corrected chi connectivity index (χ0v) is 48.8. The summed E-state index contributed by atoms with van der Waals surface area (Å²) in [4.78, 5) is 78.4. The van der Waals surface area contributed by atoms with Crippen LogP contribution in [-0.4, -0.2) is 111 Å². The van der Waals surface area contributed by atoms with E-state index in [1.807, 2.05) is 26.0 Å². The quantitative estimate of drug-likeness (QED) is 0.0499. The highest BCUT2D eigenvalue weighted by atomic mass is 19.4. The van der Waals surface area contributed by atoms with E-state index < -0.39 is 80.1 Å². The number of methoxy groups -OCH3 is 2. The van der Waals surface area contributed by atoms with Crippen molar-refractivity contribution in [1.82, 2.24) is 61.5 Å². The molecule has 10 rings (SSSR count). The number of benzene rings is 2. The molecule has 0 spiro atoms. The first-order valence-electron chi connectivity index (χ1n) is 29.8. The third-order valence-corrected chi connectivity index (χ3v) is 13.6. The Labute approximate surface area is 516 Å². The fraction of sp³-hybridized carbons (Fsp3) is 0.279. The lowest BCUT2D eigenvalue weighted by Gasteiger charge is -2.23. The highest BCUT2D eigenvalue weighted by Crippen LogP contribution is 2.41. The number of anilines is 1. The van der Waals surface area contributed by atoms with Crippen LogP contribution >= 0.6 is 0 Å². The van der Waals surface area contributed by atoms with Gasteiger partial charge in [0.1, 0.15) is 35.0 Å². The molecule has 2 aromatic carbocycles. The van der Waals surface area contributed by atoms with Crippen molar-refractivity contribution in [2.24, 2.45) is 0 Å². The lowest BCUT2D eigenvalue weighted by Crippen LogP contribution is -2.42. The Bertz CT molecular complexity index is 4250. The number of amides is 4. The van der Waals surface area contributed by atoms with E-state index in [-0.39, 0.29) is 113 Å². The van der Waals surface area contributed by atoms with Crippen LogP contribution < -0.4 is 36.1 Å². The van der Waals surface area contributed by atoms with E-state index in [9.17, 15) is 45.5 Å². The number of nitrogens with one attached hydrogen (secondary N) is 5. The summed E-state index contributed by atoms with van der Waals surface area (Å²) in [6, 6.07) is 19.5. The number of aryl methyl sites for hydroxylation is 3. The van der Waals surface area contributed by atoms with E-state index in [0.29, 0.717) is 11.1 Å². The molecule has 29 heteroatoms. The number of aromatic nitrogens is 8. The second-order valence-electron chi connectivity index (χ2n) is 20.4. The summed E-state index contributed by atoms with van der Waals surface area (Å²) in [5.41, 5.74) is -1.60. The number of hydrogen-bond acceptors (Lipinski definition) is 19. The zero-order chi connectivity index (χ0) is 70.0. The number of hydrogen-bond donors (Lipinski definition) is 5. The van der Waals surface area contributed by atoms with E-state index in [1.54, 1.807) is 36.4 Å². The average molecular weight is 1250 g/mol. The predicted molar refractivity (Wildman–Crippen MR) is 313 cm³/mol. The normalized spacial score (nSPS) is 14.2. The van der Waals surface area contributed by atoms with Gasteiger partial charge in [0.05, 0.1) is 52.9 Å². The first kappa shape index (κ1) is 55.8. The van der Waals surface area contributed by atoms with Crippen molar-refractivity contribution in [3.8, 4) is 56.7 Å². The number of alkyl halides is 6. The van der Waals surface area contributed by atoms with E-state index >= 15 is 0 Å². The van der Waals surface area contributed by atoms with E-state index in [4.69, 9.17) is 35.6 Å². The molecule has 0 saturated carbocycles. The van der Waals surface area contributed by atoms with Gasteiger partial charge in [-0.05, 0) is 72.1 Å². The van der Waals surface area contributed by atoms with Crippen molar-refractivity contribution >= 4 is 51.6 Å². The van der Waals surface area contributed by atoms with Crippen LogP contribution in [0, 0.1) is 13.8 Å². The van der Waals surface area contributed by atoms with Crippen LogP contribution in [0.3, 0.4) is 0 Å². The van der Waals surface area contributed by atoms with Gasteiger partial charge >= 0.3 is 12.4 Å². The highest BCUT2D eigenvalue weighted by molar-refractivity contribution is 6.13. The summed E-state index contributed by atoms with van der Waals surface area (Å²) < 4.78 is 161. The van der Waals surface area contributed by atoms with Gasteiger partial charge in [0.2, 0.25) is 36.0 Å². The largest absolute Gasteiger partial charge is 0.480 e. The SMILES string of the molecule is [2H]C([2H])([2H])C(C)(NC(=O)c1cc(-c2cc3c(C(=O)NC)c(-c4ccc(C)cc4)oc3nc2CCC(F)(F)F)cnc1OC)c1ncon1.[2H]C([2H])([2H])C(C)(NC(=O)c1cc(-c2cc3c(C(=O)NC)c(-c4ccc(C)cc4)oc3nc2NCC(F)(F)F)cnc1OC)c1ncon1. The number of halogens is 6. The van der Waals surface area contributed by atoms with Crippen LogP contribution in [0.1, 0.15) is 112 Å². The average Bonchev–Trinajstić information content (AvgIpc) is 1.46. The summed E-state index contributed by atoms with van der Waals surface area (Å²) in [6.45, 7) is -1.07. The van der Waals surface area contributed by atoms with Crippen LogP contribution in [0.4, 0.5) is 32.2 Å². The van der Waals surface area contributed by atoms with Crippen molar-refractivity contribution < 1.29 is 81.1 Å². The molecule has 4 amide bonds. The number of carbonyl (C=O) groups excluding carboxylic acids is 4. The van der Waals surface area contributed by atoms with Crippen LogP contribution in [0.2, 0.25) is 0 Å². The molecule has 90 heavy (non-hydrogen) atoms. The van der Waals surface area contributed by atoms with Crippen LogP contribution in [0.5, 0.6) is 11.8 Å². The fourth-order valence-corrected chi connectivity index (χ4v) is 9.17. The van der Waals surface area contributed by atoms with Crippen LogP contribution in [0.15, 0.2) is 116 Å². The number of rotatable bonds is 18. The second kappa shape index (κ2) is 25.5. The minimum absolute atomic E-state index is 0.00844. The first-order valence-corrected chi connectivity index (χ1v) is 26.8. The molecule has 0 aliphatic heterocycles. The molecule has 0 bridgehead atoms. The van der Waals surface area contributed by atoms with Gasteiger partial charge in [-0.15, -0.1) is 0 Å². The topological polar surface area (TPSA) is 303 Å². The zero-order valence-electron chi connectivity index (χ0n) is 54.8. The Morgan fingerprint density at radius 2 is 1.02 bits per heavy atom. The van der Waals surface area contributed by atoms with Crippen molar-refractivity contribution in [2.75, 3.05) is 40.2 Å². The highest BCUT2D eigenvalue weighted by Gasteiger charge is 2.35. The molecule has 10 aromatic rings. The minimum Gasteiger partial charge on any atom is -0.480 e. The molecule has 2 unspecified atom stereocenters. The van der Waals surface area contributed by atoms with Crippen LogP contribution in [-0.2, 0) is 17.5 Å². The lowest BCUT2D eigenvalue weighted by molar-refractivity contribution is -0.134. The third-order valence-electron chi connectivity index (χ3n) is 13.6. The summed E-state index contributed by atoms with van der Waals surface area (Å²) in [5.74, 6) is -4.14. The van der Waals surface area contributed by atoms with Gasteiger partial charge in [0, 0.05) is 74.5 Å². The molecule has 0 aliphatic rings. The van der Waals surface area contributed by atoms with E-state index in [0.717, 1.165) is 23.9 Å². The van der Waals surface area contributed by atoms with Gasteiger partial charge in [-0.1, -0.05) is 70.0 Å². The monoisotopic (exact) mass is 1250 g/mol. The molecule has 8 aromatic heterocycles. The van der Waals surface area contributed by atoms with Gasteiger partial charge in [-0.3, -0.25) is 19.2 Å². The van der Waals surface area contributed by atoms with Crippen molar-refractivity contribution in [2.45, 2.75) is 77.7 Å². The second-order valence-corrected chi connectivity index (χ2v) is 20.4. The predicted octanol–water partition coefficient (Wildman–Crippen LogP) is 11.0. The summed E-state index contributed by atoms with van der Waals surface area (Å²) in [5, 5.41) is 19.7. The molecule has 0 saturated heterocycles. The molecule has 0 radical (unpaired) electrons. The Hall–Kier alpha value is -10.7. The Kier molecular flexibility index (Phi) is 15.8. The van der Waals surface area contributed by atoms with E-state index in [1.165, 1.54) is 78.8 Å². The van der Waals surface area contributed by atoms with Crippen LogP contribution in [0.25, 0.3) is 67.1 Å². The number of pyridine rings is 4. The Morgan fingerprint density at radius 3 is 1.42 bits per heavy atom. The van der Waals surface area contributed by atoms with Gasteiger partial charge in [-0.2, -0.15) is 41.3 Å². The smallest absolute Gasteiger partial charge is 0.405 e. The molecule has 0 aliphatic carbocycles. The van der Waals surface area contributed by atoms with Gasteiger partial charge < -0.3 is 53.9 Å². The molecule has 0 fully saturated rings. The Morgan fingerprint density at radius 1 is 0.578 bits per heavy atom. The van der Waals surface area contributed by atoms with Crippen molar-refractivity contribution in [3.05, 3.63) is 149 Å². The number of carbonyl (C=O) groups is 4. The van der Waals surface area contributed by atoms with Gasteiger partial charge in [-0.25, -0.2) is 15.0 Å². The summed E-state index contributed by atoms with van der Waals surface area (Å²) in [6.07, 6.45) is -6.69. The maximum absolute atomic E-state index is 13.7. The summed E-state index contributed by atoms with van der Waals surface area (Å²) >= 11 is 0.